The van der Waals surface area contributed by atoms with Crippen LogP contribution in [-0.4, -0.2) is 45.0 Å². The number of hydrogen-bond donors (Lipinski definition) is 3. The first-order valence-electron chi connectivity index (χ1n) is 10.9. The Morgan fingerprint density at radius 3 is 2.12 bits per heavy atom. The van der Waals surface area contributed by atoms with Crippen LogP contribution in [0.25, 0.3) is 0 Å². The maximum absolute atomic E-state index is 12.1. The molecule has 0 aliphatic heterocycles. The molecule has 0 fully saturated rings. The number of nitrogens with one attached hydrogen (secondary N) is 1. The Balaban J connectivity index is 2.13. The van der Waals surface area contributed by atoms with Gasteiger partial charge in [0.05, 0.1) is 12.1 Å². The van der Waals surface area contributed by atoms with Crippen LogP contribution in [0.5, 0.6) is 0 Å². The van der Waals surface area contributed by atoms with Crippen molar-refractivity contribution in [2.45, 2.75) is 65.0 Å². The lowest BCUT2D eigenvalue weighted by Gasteiger charge is -2.33. The van der Waals surface area contributed by atoms with E-state index in [9.17, 15) is 19.8 Å². The van der Waals surface area contributed by atoms with Gasteiger partial charge in [-0.1, -0.05) is 66.7 Å². The third-order valence-corrected chi connectivity index (χ3v) is 5.01. The monoisotopic (exact) mass is 454 g/mol. The number of benzene rings is 2. The van der Waals surface area contributed by atoms with Crippen LogP contribution >= 0.6 is 0 Å². The molecular formula is C26H34N2O5. The fraction of sp³-hybridized carbons (Fsp3) is 0.385. The minimum absolute atomic E-state index is 0.156. The second-order valence-corrected chi connectivity index (χ2v) is 9.13. The number of carbonyl (C=O) groups is 2. The minimum atomic E-state index is -1.11. The van der Waals surface area contributed by atoms with Gasteiger partial charge in [0.25, 0.3) is 0 Å². The number of aliphatic hydroxyl groups excluding tert-OH is 1. The van der Waals surface area contributed by atoms with Gasteiger partial charge in [-0.2, -0.15) is 0 Å². The van der Waals surface area contributed by atoms with Crippen molar-refractivity contribution < 1.29 is 24.5 Å². The van der Waals surface area contributed by atoms with E-state index in [0.717, 1.165) is 16.7 Å². The molecule has 2 atom stereocenters. The van der Waals surface area contributed by atoms with Crippen molar-refractivity contribution >= 4 is 12.2 Å². The Labute approximate surface area is 195 Å². The van der Waals surface area contributed by atoms with Gasteiger partial charge in [0.2, 0.25) is 0 Å². The Hall–Kier alpha value is -3.32. The molecule has 33 heavy (non-hydrogen) atoms. The molecule has 0 saturated carbocycles. The molecule has 7 heteroatoms. The molecule has 178 valence electrons. The Kier molecular flexibility index (Phi) is 9.05. The number of alkyl carbamates (subject to hydrolysis) is 1. The summed E-state index contributed by atoms with van der Waals surface area (Å²) in [5, 5.41) is 23.4. The van der Waals surface area contributed by atoms with E-state index in [1.165, 1.54) is 4.90 Å². The summed E-state index contributed by atoms with van der Waals surface area (Å²) < 4.78 is 5.23. The molecule has 2 amide bonds. The molecule has 7 nitrogen and oxygen atoms in total. The normalized spacial score (nSPS) is 13.0. The fourth-order valence-corrected chi connectivity index (χ4v) is 3.35. The molecule has 0 spiro atoms. The second-order valence-electron chi connectivity index (χ2n) is 9.13. The van der Waals surface area contributed by atoms with Crippen LogP contribution in [0.3, 0.4) is 0 Å². The predicted octanol–water partition coefficient (Wildman–Crippen LogP) is 4.74. The topological polar surface area (TPSA) is 99.1 Å². The van der Waals surface area contributed by atoms with Crippen LogP contribution in [-0.2, 0) is 24.2 Å². The average molecular weight is 455 g/mol. The third-order valence-electron chi connectivity index (χ3n) is 5.01. The first kappa shape index (κ1) is 25.9. The van der Waals surface area contributed by atoms with Gasteiger partial charge in [-0.05, 0) is 50.8 Å². The van der Waals surface area contributed by atoms with Crippen molar-refractivity contribution in [2.75, 3.05) is 0 Å². The smallest absolute Gasteiger partial charge is 0.407 e. The molecule has 0 aliphatic carbocycles. The zero-order chi connectivity index (χ0) is 24.6. The molecular weight excluding hydrogens is 420 g/mol. The predicted molar refractivity (Wildman–Crippen MR) is 128 cm³/mol. The van der Waals surface area contributed by atoms with Crippen LogP contribution in [0.15, 0.2) is 66.7 Å². The van der Waals surface area contributed by atoms with Gasteiger partial charge in [0, 0.05) is 13.1 Å². The zero-order valence-electron chi connectivity index (χ0n) is 19.7. The SMILES string of the molecule is C=C(C)[C@@H](O)[C@H](Cc1ccc(CNC(=O)OC(C)(C)C)cc1)N(Cc1ccccc1)C(=O)O. The van der Waals surface area contributed by atoms with Crippen molar-refractivity contribution in [3.8, 4) is 0 Å². The summed E-state index contributed by atoms with van der Waals surface area (Å²) in [7, 11) is 0. The Morgan fingerprint density at radius 1 is 1.03 bits per heavy atom. The number of carboxylic acid groups (broad SMARTS) is 1. The quantitative estimate of drug-likeness (QED) is 0.475. The van der Waals surface area contributed by atoms with Crippen molar-refractivity contribution in [1.82, 2.24) is 10.2 Å². The average Bonchev–Trinajstić information content (AvgIpc) is 2.74. The van der Waals surface area contributed by atoms with Gasteiger partial charge in [-0.15, -0.1) is 0 Å². The van der Waals surface area contributed by atoms with Crippen LogP contribution in [0, 0.1) is 0 Å². The number of amides is 2. The third kappa shape index (κ3) is 8.61. The van der Waals surface area contributed by atoms with Crippen molar-refractivity contribution in [2.24, 2.45) is 0 Å². The molecule has 0 unspecified atom stereocenters. The molecule has 0 saturated heterocycles. The van der Waals surface area contributed by atoms with Gasteiger partial charge in [-0.3, -0.25) is 4.90 Å². The number of hydrogen-bond acceptors (Lipinski definition) is 4. The summed E-state index contributed by atoms with van der Waals surface area (Å²) in [5.74, 6) is 0. The molecule has 2 aromatic carbocycles. The summed E-state index contributed by atoms with van der Waals surface area (Å²) in [5.41, 5.74) is 2.50. The lowest BCUT2D eigenvalue weighted by Crippen LogP contribution is -2.47. The summed E-state index contributed by atoms with van der Waals surface area (Å²) in [6.45, 7) is 11.4. The first-order chi connectivity index (χ1) is 15.5. The maximum Gasteiger partial charge on any atom is 0.407 e. The van der Waals surface area contributed by atoms with Gasteiger partial charge >= 0.3 is 12.2 Å². The zero-order valence-corrected chi connectivity index (χ0v) is 19.7. The van der Waals surface area contributed by atoms with E-state index in [-0.39, 0.29) is 6.54 Å². The molecule has 0 radical (unpaired) electrons. The van der Waals surface area contributed by atoms with Gasteiger partial charge in [0.1, 0.15) is 5.60 Å². The lowest BCUT2D eigenvalue weighted by atomic mass is 9.95. The lowest BCUT2D eigenvalue weighted by molar-refractivity contribution is 0.0523. The van der Waals surface area contributed by atoms with Crippen LogP contribution in [0.1, 0.15) is 44.4 Å². The first-order valence-corrected chi connectivity index (χ1v) is 10.9. The number of aliphatic hydroxyl groups is 1. The maximum atomic E-state index is 12.1. The Bertz CT molecular complexity index is 935. The molecule has 0 aromatic heterocycles. The van der Waals surface area contributed by atoms with E-state index in [2.05, 4.69) is 11.9 Å². The van der Waals surface area contributed by atoms with Gasteiger partial charge < -0.3 is 20.3 Å². The van der Waals surface area contributed by atoms with E-state index in [4.69, 9.17) is 4.74 Å². The molecule has 0 aliphatic rings. The molecule has 0 heterocycles. The van der Waals surface area contributed by atoms with E-state index >= 15 is 0 Å². The number of rotatable bonds is 9. The largest absolute Gasteiger partial charge is 0.465 e. The van der Waals surface area contributed by atoms with Crippen LogP contribution in [0.4, 0.5) is 9.59 Å². The highest BCUT2D eigenvalue weighted by Crippen LogP contribution is 2.20. The van der Waals surface area contributed by atoms with Gasteiger partial charge in [-0.25, -0.2) is 9.59 Å². The summed E-state index contributed by atoms with van der Waals surface area (Å²) >= 11 is 0. The van der Waals surface area contributed by atoms with Crippen molar-refractivity contribution in [1.29, 1.82) is 0 Å². The number of ether oxygens (including phenoxy) is 1. The molecule has 2 rings (SSSR count). The van der Waals surface area contributed by atoms with E-state index in [0.29, 0.717) is 18.5 Å². The van der Waals surface area contributed by atoms with Gasteiger partial charge in [0.15, 0.2) is 0 Å². The highest BCUT2D eigenvalue weighted by Gasteiger charge is 2.30. The molecule has 3 N–H and O–H groups in total. The van der Waals surface area contributed by atoms with E-state index in [1.54, 1.807) is 27.7 Å². The standard InChI is InChI=1S/C26H34N2O5/c1-18(2)23(29)22(28(25(31)32)17-21-9-7-6-8-10-21)15-19-11-13-20(14-12-19)16-27-24(30)33-26(3,4)5/h6-14,22-23,29H,1,15-17H2,2-5H3,(H,27,30)(H,31,32)/t22-,23+/m0/s1. The molecule has 0 bridgehead atoms. The minimum Gasteiger partial charge on any atom is -0.465 e. The highest BCUT2D eigenvalue weighted by molar-refractivity contribution is 5.67. The highest BCUT2D eigenvalue weighted by atomic mass is 16.6. The van der Waals surface area contributed by atoms with Crippen LogP contribution < -0.4 is 5.32 Å². The fourth-order valence-electron chi connectivity index (χ4n) is 3.35. The van der Waals surface area contributed by atoms with E-state index in [1.807, 2.05) is 54.6 Å². The summed E-state index contributed by atoms with van der Waals surface area (Å²) in [4.78, 5) is 25.2. The van der Waals surface area contributed by atoms with E-state index < -0.39 is 29.9 Å². The van der Waals surface area contributed by atoms with Crippen LogP contribution in [0.2, 0.25) is 0 Å². The molecule has 2 aromatic rings. The van der Waals surface area contributed by atoms with Crippen molar-refractivity contribution in [3.63, 3.8) is 0 Å². The second kappa shape index (κ2) is 11.5. The summed E-state index contributed by atoms with van der Waals surface area (Å²) in [6.07, 6.45) is -2.30. The van der Waals surface area contributed by atoms with Crippen molar-refractivity contribution in [3.05, 3.63) is 83.4 Å². The Morgan fingerprint density at radius 2 is 1.61 bits per heavy atom. The number of nitrogens with zero attached hydrogens (tertiary/aromatic N) is 1. The number of carbonyl (C=O) groups excluding carboxylic acids is 1. The summed E-state index contributed by atoms with van der Waals surface area (Å²) in [6, 6.07) is 16.0.